The molecule has 1 aliphatic heterocycles. The number of halogens is 4. The van der Waals surface area contributed by atoms with E-state index in [4.69, 9.17) is 35.4 Å². The lowest BCUT2D eigenvalue weighted by atomic mass is 9.76. The molecule has 0 aliphatic carbocycles. The van der Waals surface area contributed by atoms with Gasteiger partial charge in [0.1, 0.15) is 22.9 Å². The minimum Gasteiger partial charge on any atom is -0.462 e. The second-order valence-corrected chi connectivity index (χ2v) is 14.0. The van der Waals surface area contributed by atoms with Crippen molar-refractivity contribution in [2.45, 2.75) is 64.5 Å². The van der Waals surface area contributed by atoms with Gasteiger partial charge in [0.25, 0.3) is 5.56 Å². The summed E-state index contributed by atoms with van der Waals surface area (Å²) in [5.74, 6) is 0.603. The van der Waals surface area contributed by atoms with Crippen LogP contribution in [0.2, 0.25) is 5.02 Å². The lowest BCUT2D eigenvalue weighted by Crippen LogP contribution is -2.45. The zero-order valence-corrected chi connectivity index (χ0v) is 32.4. The quantitative estimate of drug-likeness (QED) is 0.141. The van der Waals surface area contributed by atoms with Crippen molar-refractivity contribution in [3.63, 3.8) is 0 Å². The number of carbonyl (C=O) groups is 2. The van der Waals surface area contributed by atoms with Gasteiger partial charge in [-0.25, -0.2) is 24.0 Å². The summed E-state index contributed by atoms with van der Waals surface area (Å²) in [6.07, 6.45) is -4.54. The van der Waals surface area contributed by atoms with E-state index in [2.05, 4.69) is 19.2 Å². The Labute approximate surface area is 320 Å². The molecule has 1 unspecified atom stereocenters. The van der Waals surface area contributed by atoms with E-state index >= 15 is 0 Å². The van der Waals surface area contributed by atoms with Gasteiger partial charge in [0.2, 0.25) is 5.79 Å². The van der Waals surface area contributed by atoms with E-state index in [9.17, 15) is 32.3 Å². The van der Waals surface area contributed by atoms with E-state index in [1.165, 1.54) is 26.3 Å². The highest BCUT2D eigenvalue weighted by Gasteiger charge is 2.42. The Morgan fingerprint density at radius 2 is 1.60 bits per heavy atom. The van der Waals surface area contributed by atoms with Crippen molar-refractivity contribution >= 4 is 29.3 Å². The number of benzene rings is 3. The van der Waals surface area contributed by atoms with Gasteiger partial charge < -0.3 is 24.3 Å². The van der Waals surface area contributed by atoms with Crippen molar-refractivity contribution in [1.82, 2.24) is 14.2 Å². The molecule has 0 saturated heterocycles. The third-order valence-electron chi connectivity index (χ3n) is 8.49. The number of aromatic nitrogens is 2. The first kappa shape index (κ1) is 42.4. The Kier molecular flexibility index (Phi) is 12.8. The number of hydrogen-bond donors (Lipinski definition) is 1. The van der Waals surface area contributed by atoms with E-state index in [-0.39, 0.29) is 27.7 Å². The molecule has 13 nitrogen and oxygen atoms in total. The van der Waals surface area contributed by atoms with Crippen molar-refractivity contribution in [3.8, 4) is 22.9 Å². The Morgan fingerprint density at radius 1 is 0.964 bits per heavy atom. The summed E-state index contributed by atoms with van der Waals surface area (Å²) in [6.45, 7) is 9.54. The van der Waals surface area contributed by atoms with Crippen LogP contribution >= 0.6 is 11.6 Å². The smallest absolute Gasteiger partial charge is 0.431 e. The van der Waals surface area contributed by atoms with Gasteiger partial charge in [-0.05, 0) is 67.8 Å². The van der Waals surface area contributed by atoms with Crippen LogP contribution in [0.4, 0.5) is 23.7 Å². The number of methoxy groups -OCH3 is 1. The molecule has 5 rings (SSSR count). The second kappa shape index (κ2) is 16.6. The van der Waals surface area contributed by atoms with Crippen LogP contribution in [-0.2, 0) is 33.0 Å². The van der Waals surface area contributed by atoms with E-state index in [0.29, 0.717) is 32.4 Å². The zero-order chi connectivity index (χ0) is 41.0. The lowest BCUT2D eigenvalue weighted by molar-refractivity contribution is -0.172. The third kappa shape index (κ3) is 10.1. The van der Waals surface area contributed by atoms with Gasteiger partial charge >= 0.3 is 23.9 Å². The first-order valence-corrected chi connectivity index (χ1v) is 17.1. The average molecular weight is 791 g/mol. The van der Waals surface area contributed by atoms with Gasteiger partial charge in [-0.2, -0.15) is 13.2 Å². The Bertz CT molecular complexity index is 2170. The number of urea groups is 1. The SMILES string of the molecule is CC(C)OC(=O)c1cc(-n2c(=O)cc(C(F)(F)F)n(C)c2=O)ccc1Cl.CON(C)C(=O)Nc1ccc(Oc2ccc3c(c2)OC(C)(OC)CC3(C)C)cc1. The number of ether oxygens (including phenoxy) is 4. The van der Waals surface area contributed by atoms with E-state index in [1.807, 2.05) is 25.1 Å². The van der Waals surface area contributed by atoms with Crippen LogP contribution in [0, 0.1) is 0 Å². The number of esters is 1. The van der Waals surface area contributed by atoms with Crippen molar-refractivity contribution in [3.05, 3.63) is 109 Å². The molecule has 55 heavy (non-hydrogen) atoms. The number of fused-ring (bicyclic) bond motifs is 1. The predicted molar refractivity (Wildman–Crippen MR) is 198 cm³/mol. The molecule has 2 amide bonds. The molecule has 0 spiro atoms. The molecular weight excluding hydrogens is 749 g/mol. The van der Waals surface area contributed by atoms with Gasteiger partial charge in [-0.3, -0.25) is 14.2 Å². The fraction of sp³-hybridized carbons (Fsp3) is 0.368. The number of nitrogens with one attached hydrogen (secondary N) is 1. The standard InChI is InChI=1S/C22H28N2O5.C16H14ClF3N2O4/c1-21(2)14-22(3,26-5)29-19-13-17(11-12-18(19)21)28-16-9-7-15(8-10-16)23-20(25)24(4)27-6;1-8(2)26-14(24)10-6-9(4-5-11(10)17)22-13(23)7-12(16(18,19)20)21(3)15(22)25/h7-13H,14H2,1-6H3,(H,23,25);4-8H,1-3H3. The molecule has 4 aromatic rings. The highest BCUT2D eigenvalue weighted by molar-refractivity contribution is 6.33. The summed E-state index contributed by atoms with van der Waals surface area (Å²) in [7, 11) is 5.51. The number of anilines is 1. The maximum Gasteiger partial charge on any atom is 0.431 e. The number of rotatable bonds is 8. The fourth-order valence-corrected chi connectivity index (χ4v) is 5.93. The summed E-state index contributed by atoms with van der Waals surface area (Å²) in [5.41, 5.74) is -2.32. The third-order valence-corrected chi connectivity index (χ3v) is 8.82. The lowest BCUT2D eigenvalue weighted by Gasteiger charge is -2.43. The molecule has 1 N–H and O–H groups in total. The molecule has 0 saturated carbocycles. The van der Waals surface area contributed by atoms with Crippen molar-refractivity contribution < 1.29 is 46.5 Å². The Hall–Kier alpha value is -5.32. The van der Waals surface area contributed by atoms with E-state index in [0.717, 1.165) is 35.9 Å². The monoisotopic (exact) mass is 790 g/mol. The average Bonchev–Trinajstić information content (AvgIpc) is 3.10. The molecule has 296 valence electrons. The minimum absolute atomic E-state index is 0.0104. The molecule has 17 heteroatoms. The zero-order valence-electron chi connectivity index (χ0n) is 31.7. The van der Waals surface area contributed by atoms with Gasteiger partial charge in [0.05, 0.1) is 29.5 Å². The maximum atomic E-state index is 12.9. The minimum atomic E-state index is -4.86. The molecule has 1 aromatic heterocycles. The number of hydroxylamine groups is 2. The summed E-state index contributed by atoms with van der Waals surface area (Å²) in [6, 6.07) is 16.5. The first-order chi connectivity index (χ1) is 25.6. The fourth-order valence-electron chi connectivity index (χ4n) is 5.74. The van der Waals surface area contributed by atoms with E-state index in [1.54, 1.807) is 45.2 Å². The molecule has 0 fully saturated rings. The summed E-state index contributed by atoms with van der Waals surface area (Å²) >= 11 is 5.94. The van der Waals surface area contributed by atoms with Crippen LogP contribution in [0.5, 0.6) is 17.2 Å². The molecule has 1 atom stereocenters. The Morgan fingerprint density at radius 3 is 2.18 bits per heavy atom. The molecule has 1 aliphatic rings. The van der Waals surface area contributed by atoms with Gasteiger partial charge in [0, 0.05) is 57.9 Å². The van der Waals surface area contributed by atoms with Crippen molar-refractivity contribution in [2.75, 3.05) is 26.6 Å². The predicted octanol–water partition coefficient (Wildman–Crippen LogP) is 7.70. The Balaban J connectivity index is 0.000000246. The highest BCUT2D eigenvalue weighted by Crippen LogP contribution is 2.46. The van der Waals surface area contributed by atoms with Crippen LogP contribution < -0.4 is 26.0 Å². The highest BCUT2D eigenvalue weighted by atomic mass is 35.5. The van der Waals surface area contributed by atoms with Crippen LogP contribution in [0.15, 0.2) is 76.3 Å². The summed E-state index contributed by atoms with van der Waals surface area (Å²) < 4.78 is 62.2. The summed E-state index contributed by atoms with van der Waals surface area (Å²) in [5, 5.41) is 3.84. The maximum absolute atomic E-state index is 12.9. The molecule has 3 aromatic carbocycles. The normalized spacial score (nSPS) is 15.9. The number of hydrogen-bond acceptors (Lipinski definition) is 9. The van der Waals surface area contributed by atoms with Crippen LogP contribution in [0.3, 0.4) is 0 Å². The summed E-state index contributed by atoms with van der Waals surface area (Å²) in [4.78, 5) is 53.1. The first-order valence-electron chi connectivity index (χ1n) is 16.8. The van der Waals surface area contributed by atoms with Crippen LogP contribution in [0.25, 0.3) is 5.69 Å². The topological polar surface area (TPSA) is 140 Å². The van der Waals surface area contributed by atoms with Gasteiger partial charge in [0.15, 0.2) is 0 Å². The van der Waals surface area contributed by atoms with Crippen molar-refractivity contribution in [2.24, 2.45) is 7.05 Å². The largest absolute Gasteiger partial charge is 0.462 e. The van der Waals surface area contributed by atoms with Gasteiger partial charge in [-0.1, -0.05) is 31.5 Å². The molecule has 2 heterocycles. The molecule has 0 radical (unpaired) electrons. The molecular formula is C38H42ClF3N4O9. The number of amides is 2. The number of nitrogens with zero attached hydrogens (tertiary/aromatic N) is 3. The molecule has 0 bridgehead atoms. The number of carbonyl (C=O) groups excluding carboxylic acids is 2. The second-order valence-electron chi connectivity index (χ2n) is 13.6. The van der Waals surface area contributed by atoms with Crippen molar-refractivity contribution in [1.29, 1.82) is 0 Å². The van der Waals surface area contributed by atoms with E-state index < -0.39 is 41.0 Å². The van der Waals surface area contributed by atoms with Crippen LogP contribution in [0.1, 0.15) is 62.7 Å². The van der Waals surface area contributed by atoms with Gasteiger partial charge in [-0.15, -0.1) is 0 Å². The van der Waals surface area contributed by atoms with Crippen LogP contribution in [-0.4, -0.2) is 59.4 Å². The number of alkyl halides is 3.